The first kappa shape index (κ1) is 17.5. The highest BCUT2D eigenvalue weighted by Gasteiger charge is 2.22. The maximum absolute atomic E-state index is 12.4. The predicted octanol–water partition coefficient (Wildman–Crippen LogP) is 2.29. The fraction of sp³-hybridized carbons (Fsp3) is 0.316. The molecule has 1 amide bonds. The van der Waals surface area contributed by atoms with Gasteiger partial charge < -0.3 is 19.0 Å². The monoisotopic (exact) mass is 385 g/mol. The van der Waals surface area contributed by atoms with Crippen LogP contribution >= 0.6 is 11.3 Å². The van der Waals surface area contributed by atoms with E-state index in [0.29, 0.717) is 24.4 Å². The molecule has 7 nitrogen and oxygen atoms in total. The molecule has 1 aromatic carbocycles. The maximum Gasteiger partial charge on any atom is 0.336 e. The zero-order chi connectivity index (χ0) is 18.8. The van der Waals surface area contributed by atoms with Crippen molar-refractivity contribution >= 4 is 33.3 Å². The van der Waals surface area contributed by atoms with Gasteiger partial charge >= 0.3 is 5.63 Å². The fourth-order valence-electron chi connectivity index (χ4n) is 3.15. The molecule has 0 aliphatic carbocycles. The molecule has 1 aliphatic heterocycles. The highest BCUT2D eigenvalue weighted by Crippen LogP contribution is 2.22. The number of aryl methyl sites for hydroxylation is 1. The van der Waals surface area contributed by atoms with Crippen molar-refractivity contribution in [2.24, 2.45) is 0 Å². The zero-order valence-electron chi connectivity index (χ0n) is 14.9. The molecule has 4 rings (SSSR count). The fourth-order valence-corrected chi connectivity index (χ4v) is 3.85. The molecule has 2 aromatic heterocycles. The zero-order valence-corrected chi connectivity index (χ0v) is 15.7. The van der Waals surface area contributed by atoms with Crippen LogP contribution in [0.2, 0.25) is 0 Å². The molecule has 1 fully saturated rings. The van der Waals surface area contributed by atoms with Gasteiger partial charge in [0.05, 0.1) is 0 Å². The van der Waals surface area contributed by atoms with E-state index in [1.165, 1.54) is 6.07 Å². The molecule has 140 valence electrons. The molecule has 3 aromatic rings. The van der Waals surface area contributed by atoms with Crippen LogP contribution in [0.15, 0.2) is 45.1 Å². The minimum Gasteiger partial charge on any atom is -0.484 e. The lowest BCUT2D eigenvalue weighted by atomic mass is 10.1. The third kappa shape index (κ3) is 3.80. The summed E-state index contributed by atoms with van der Waals surface area (Å²) in [6.45, 7) is 4.63. The van der Waals surface area contributed by atoms with Crippen molar-refractivity contribution in [3.63, 3.8) is 0 Å². The lowest BCUT2D eigenvalue weighted by Crippen LogP contribution is -2.50. The average Bonchev–Trinajstić information content (AvgIpc) is 3.20. The molecule has 3 heterocycles. The number of aromatic nitrogens is 1. The lowest BCUT2D eigenvalue weighted by Gasteiger charge is -2.34. The van der Waals surface area contributed by atoms with Crippen LogP contribution in [0, 0.1) is 6.92 Å². The van der Waals surface area contributed by atoms with Gasteiger partial charge in [0.15, 0.2) is 11.7 Å². The van der Waals surface area contributed by atoms with Crippen LogP contribution < -0.4 is 15.3 Å². The van der Waals surface area contributed by atoms with E-state index in [9.17, 15) is 9.59 Å². The minimum absolute atomic E-state index is 0.0429. The van der Waals surface area contributed by atoms with Gasteiger partial charge in [-0.3, -0.25) is 4.79 Å². The quantitative estimate of drug-likeness (QED) is 0.642. The number of amides is 1. The molecule has 0 radical (unpaired) electrons. The maximum atomic E-state index is 12.4. The van der Waals surface area contributed by atoms with E-state index in [1.807, 2.05) is 18.4 Å². The van der Waals surface area contributed by atoms with Gasteiger partial charge in [-0.25, -0.2) is 9.78 Å². The average molecular weight is 385 g/mol. The summed E-state index contributed by atoms with van der Waals surface area (Å²) < 4.78 is 10.8. The van der Waals surface area contributed by atoms with Crippen molar-refractivity contribution in [3.8, 4) is 5.75 Å². The number of nitrogens with zero attached hydrogens (tertiary/aromatic N) is 3. The van der Waals surface area contributed by atoms with Crippen molar-refractivity contribution in [2.75, 3.05) is 37.7 Å². The van der Waals surface area contributed by atoms with Crippen molar-refractivity contribution in [1.82, 2.24) is 9.88 Å². The summed E-state index contributed by atoms with van der Waals surface area (Å²) in [5, 5.41) is 3.80. The van der Waals surface area contributed by atoms with Crippen LogP contribution in [0.5, 0.6) is 5.75 Å². The first-order valence-electron chi connectivity index (χ1n) is 8.70. The summed E-state index contributed by atoms with van der Waals surface area (Å²) in [6, 6.07) is 6.72. The first-order chi connectivity index (χ1) is 13.1. The van der Waals surface area contributed by atoms with Crippen molar-refractivity contribution in [1.29, 1.82) is 0 Å². The van der Waals surface area contributed by atoms with Gasteiger partial charge in [0, 0.05) is 55.3 Å². The van der Waals surface area contributed by atoms with E-state index < -0.39 is 5.63 Å². The van der Waals surface area contributed by atoms with Crippen molar-refractivity contribution < 1.29 is 13.9 Å². The number of carbonyl (C=O) groups excluding carboxylic acids is 1. The first-order valence-corrected chi connectivity index (χ1v) is 9.57. The summed E-state index contributed by atoms with van der Waals surface area (Å²) in [4.78, 5) is 32.2. The second-order valence-electron chi connectivity index (χ2n) is 6.38. The van der Waals surface area contributed by atoms with Crippen LogP contribution in [-0.2, 0) is 4.79 Å². The van der Waals surface area contributed by atoms with Gasteiger partial charge in [0.2, 0.25) is 0 Å². The van der Waals surface area contributed by atoms with Gasteiger partial charge in [-0.15, -0.1) is 11.3 Å². The number of rotatable bonds is 4. The van der Waals surface area contributed by atoms with Gasteiger partial charge in [-0.2, -0.15) is 0 Å². The third-order valence-electron chi connectivity index (χ3n) is 4.61. The molecule has 0 saturated carbocycles. The Morgan fingerprint density at radius 2 is 2.07 bits per heavy atom. The molecule has 27 heavy (non-hydrogen) atoms. The molecule has 0 unspecified atom stereocenters. The third-order valence-corrected chi connectivity index (χ3v) is 5.44. The van der Waals surface area contributed by atoms with Crippen LogP contribution in [0.3, 0.4) is 0 Å². The predicted molar refractivity (Wildman–Crippen MR) is 104 cm³/mol. The number of thiazole rings is 1. The van der Waals surface area contributed by atoms with Crippen LogP contribution in [0.25, 0.3) is 11.0 Å². The molecular formula is C19H19N3O4S. The van der Waals surface area contributed by atoms with Gasteiger partial charge in [0.1, 0.15) is 11.3 Å². The Morgan fingerprint density at radius 3 is 2.81 bits per heavy atom. The number of hydrogen-bond acceptors (Lipinski definition) is 7. The Kier molecular flexibility index (Phi) is 4.81. The number of fused-ring (bicyclic) bond motifs is 1. The SMILES string of the molecule is Cc1cc(=O)oc2cc(OCC(=O)N3CCN(c4nccs4)CC3)ccc12. The van der Waals surface area contributed by atoms with E-state index in [1.54, 1.807) is 34.6 Å². The number of benzene rings is 1. The van der Waals surface area contributed by atoms with Crippen molar-refractivity contribution in [3.05, 3.63) is 51.8 Å². The molecule has 1 saturated heterocycles. The highest BCUT2D eigenvalue weighted by atomic mass is 32.1. The Bertz CT molecular complexity index is 1010. The van der Waals surface area contributed by atoms with Crippen LogP contribution in [0.1, 0.15) is 5.56 Å². The summed E-state index contributed by atoms with van der Waals surface area (Å²) in [6.07, 6.45) is 1.79. The molecule has 0 spiro atoms. The second-order valence-corrected chi connectivity index (χ2v) is 7.25. The van der Waals surface area contributed by atoms with Crippen molar-refractivity contribution in [2.45, 2.75) is 6.92 Å². The Balaban J connectivity index is 1.35. The summed E-state index contributed by atoms with van der Waals surface area (Å²) in [5.41, 5.74) is 0.912. The standard InChI is InChI=1S/C19H19N3O4S/c1-13-10-18(24)26-16-11-14(2-3-15(13)16)25-12-17(23)21-5-7-22(8-6-21)19-20-4-9-27-19/h2-4,9-11H,5-8,12H2,1H3. The summed E-state index contributed by atoms with van der Waals surface area (Å²) in [7, 11) is 0. The normalized spacial score (nSPS) is 14.6. The molecule has 0 N–H and O–H groups in total. The van der Waals surface area contributed by atoms with E-state index >= 15 is 0 Å². The number of ether oxygens (including phenoxy) is 1. The van der Waals surface area contributed by atoms with E-state index in [2.05, 4.69) is 9.88 Å². The number of carbonyl (C=O) groups is 1. The molecule has 8 heteroatoms. The second kappa shape index (κ2) is 7.40. The number of piperazine rings is 1. The Morgan fingerprint density at radius 1 is 1.26 bits per heavy atom. The van der Waals surface area contributed by atoms with E-state index in [0.717, 1.165) is 29.2 Å². The summed E-state index contributed by atoms with van der Waals surface area (Å²) >= 11 is 1.60. The molecule has 1 aliphatic rings. The number of hydrogen-bond donors (Lipinski definition) is 0. The number of anilines is 1. The van der Waals surface area contributed by atoms with Crippen LogP contribution in [-0.4, -0.2) is 48.6 Å². The molecular weight excluding hydrogens is 366 g/mol. The topological polar surface area (TPSA) is 75.9 Å². The Labute approximate surface area is 159 Å². The van der Waals surface area contributed by atoms with Gasteiger partial charge in [-0.1, -0.05) is 0 Å². The van der Waals surface area contributed by atoms with E-state index in [4.69, 9.17) is 9.15 Å². The largest absolute Gasteiger partial charge is 0.484 e. The summed E-state index contributed by atoms with van der Waals surface area (Å²) in [5.74, 6) is 0.450. The lowest BCUT2D eigenvalue weighted by molar-refractivity contribution is -0.133. The van der Waals surface area contributed by atoms with Gasteiger partial charge in [-0.05, 0) is 24.6 Å². The van der Waals surface area contributed by atoms with Crippen LogP contribution in [0.4, 0.5) is 5.13 Å². The van der Waals surface area contributed by atoms with E-state index in [-0.39, 0.29) is 12.5 Å². The van der Waals surface area contributed by atoms with Gasteiger partial charge in [0.25, 0.3) is 5.91 Å². The molecule has 0 bridgehead atoms. The smallest absolute Gasteiger partial charge is 0.336 e. The molecule has 0 atom stereocenters. The highest BCUT2D eigenvalue weighted by molar-refractivity contribution is 7.13. The Hall–Kier alpha value is -2.87. The minimum atomic E-state index is -0.397.